The molecular formula is C37H26N3P. The highest BCUT2D eigenvalue weighted by Gasteiger charge is 2.16. The van der Waals surface area contributed by atoms with E-state index in [-0.39, 0.29) is 7.53 Å². The second kappa shape index (κ2) is 9.59. The highest BCUT2D eigenvalue weighted by Crippen LogP contribution is 2.50. The Bertz CT molecular complexity index is 2190. The van der Waals surface area contributed by atoms with E-state index in [1.54, 1.807) is 0 Å². The maximum absolute atomic E-state index is 5.05. The molecule has 0 N–H and O–H groups in total. The molecule has 0 fully saturated rings. The molecule has 0 bridgehead atoms. The molecule has 0 amide bonds. The fourth-order valence-electron chi connectivity index (χ4n) is 6.00. The van der Waals surface area contributed by atoms with Gasteiger partial charge >= 0.3 is 0 Å². The van der Waals surface area contributed by atoms with E-state index in [4.69, 9.17) is 10.1 Å². The minimum absolute atomic E-state index is 0.383. The lowest BCUT2D eigenvalue weighted by molar-refractivity contribution is 0.968. The molecule has 4 heteroatoms. The van der Waals surface area contributed by atoms with Gasteiger partial charge in [-0.15, -0.1) is 12.6 Å². The Kier molecular flexibility index (Phi) is 5.58. The van der Waals surface area contributed by atoms with Crippen LogP contribution >= 0.6 is 7.53 Å². The molecule has 0 radical (unpaired) electrons. The van der Waals surface area contributed by atoms with Gasteiger partial charge in [-0.3, -0.25) is 0 Å². The summed E-state index contributed by atoms with van der Waals surface area (Å²) in [6.07, 6.45) is 2.08. The summed E-state index contributed by atoms with van der Waals surface area (Å²) in [5, 5.41) is 10.7. The maximum atomic E-state index is 5.05. The van der Waals surface area contributed by atoms with Gasteiger partial charge in [0.1, 0.15) is 0 Å². The van der Waals surface area contributed by atoms with E-state index in [9.17, 15) is 0 Å². The van der Waals surface area contributed by atoms with E-state index in [2.05, 4.69) is 134 Å². The highest BCUT2D eigenvalue weighted by atomic mass is 31.1. The van der Waals surface area contributed by atoms with Crippen LogP contribution in [0.3, 0.4) is 0 Å². The third-order valence-electron chi connectivity index (χ3n) is 8.01. The lowest BCUT2D eigenvalue weighted by Crippen LogP contribution is -1.93. The van der Waals surface area contributed by atoms with Crippen LogP contribution < -0.4 is 0 Å². The average molecular weight is 544 g/mol. The second-order valence-corrected chi connectivity index (χ2v) is 12.5. The first-order valence-electron chi connectivity index (χ1n) is 13.8. The third kappa shape index (κ3) is 3.97. The zero-order chi connectivity index (χ0) is 27.3. The number of benzene rings is 5. The molecule has 3 aromatic heterocycles. The van der Waals surface area contributed by atoms with E-state index in [0.717, 1.165) is 39.3 Å². The predicted octanol–water partition coefficient (Wildman–Crippen LogP) is 10.2. The molecule has 3 heterocycles. The smallest absolute Gasteiger partial charge is 0.182 e. The minimum atomic E-state index is -0.383. The van der Waals surface area contributed by atoms with Crippen LogP contribution in [0.5, 0.6) is 0 Å². The topological polar surface area (TPSA) is 30.2 Å². The molecule has 41 heavy (non-hydrogen) atoms. The summed E-state index contributed by atoms with van der Waals surface area (Å²) in [4.78, 5) is 5.05. The van der Waals surface area contributed by atoms with Gasteiger partial charge in [-0.1, -0.05) is 127 Å². The standard InChI is InChI=1S/C37H26N3P/c1-41-34-18-9-8-15-31(34)32-17-10-16-30(35(32)41)27-19-21-28(22-20-27)36-38-37-33(26-13-6-3-7-14-26)23-29(24-40(37)39-36)25-11-4-2-5-12-25/h2-24H,1H3. The maximum Gasteiger partial charge on any atom is 0.182 e. The van der Waals surface area contributed by atoms with E-state index in [0.29, 0.717) is 0 Å². The molecule has 5 aromatic carbocycles. The Morgan fingerprint density at radius 3 is 1.95 bits per heavy atom. The quantitative estimate of drug-likeness (QED) is 0.221. The molecule has 8 aromatic rings. The molecule has 8 rings (SSSR count). The molecular weight excluding hydrogens is 517 g/mol. The summed E-state index contributed by atoms with van der Waals surface area (Å²) >= 11 is 0. The van der Waals surface area contributed by atoms with Crippen LogP contribution in [-0.2, 0) is 6.66 Å². The summed E-state index contributed by atoms with van der Waals surface area (Å²) in [6.45, 7) is 2.38. The molecule has 0 aliphatic rings. The number of rotatable bonds is 4. The molecule has 0 saturated carbocycles. The van der Waals surface area contributed by atoms with Crippen LogP contribution in [0.15, 0.2) is 140 Å². The van der Waals surface area contributed by atoms with Crippen molar-refractivity contribution in [1.29, 1.82) is 0 Å². The number of aromatic nitrogens is 3. The molecule has 0 aliphatic heterocycles. The average Bonchev–Trinajstić information content (AvgIpc) is 3.61. The Morgan fingerprint density at radius 2 is 1.17 bits per heavy atom. The van der Waals surface area contributed by atoms with Crippen molar-refractivity contribution in [3.63, 3.8) is 0 Å². The number of aryl methyl sites for hydroxylation is 1. The van der Waals surface area contributed by atoms with Crippen molar-refractivity contribution >= 4 is 34.2 Å². The highest BCUT2D eigenvalue weighted by molar-refractivity contribution is 7.60. The van der Waals surface area contributed by atoms with Gasteiger partial charge in [0.25, 0.3) is 0 Å². The first kappa shape index (κ1) is 23.9. The van der Waals surface area contributed by atoms with Crippen LogP contribution in [0.25, 0.3) is 71.4 Å². The van der Waals surface area contributed by atoms with E-state index in [1.165, 1.54) is 32.1 Å². The summed E-state index contributed by atoms with van der Waals surface area (Å²) in [5.74, 6) is 0.724. The first-order chi connectivity index (χ1) is 20.2. The van der Waals surface area contributed by atoms with Crippen LogP contribution in [-0.4, -0.2) is 14.6 Å². The van der Waals surface area contributed by atoms with E-state index < -0.39 is 0 Å². The zero-order valence-corrected chi connectivity index (χ0v) is 23.5. The van der Waals surface area contributed by atoms with Crippen LogP contribution in [0.1, 0.15) is 0 Å². The molecule has 3 nitrogen and oxygen atoms in total. The van der Waals surface area contributed by atoms with E-state index >= 15 is 0 Å². The zero-order valence-electron chi connectivity index (χ0n) is 22.6. The van der Waals surface area contributed by atoms with Crippen LogP contribution in [0.2, 0.25) is 0 Å². The summed E-state index contributed by atoms with van der Waals surface area (Å²) in [6, 6.07) is 47.4. The molecule has 194 valence electrons. The Hall–Kier alpha value is -4.98. The fourth-order valence-corrected chi connectivity index (χ4v) is 8.22. The number of fused-ring (bicyclic) bond motifs is 4. The van der Waals surface area contributed by atoms with Crippen molar-refractivity contribution in [2.45, 2.75) is 0 Å². The number of pyridine rings is 1. The molecule has 1 unspecified atom stereocenters. The monoisotopic (exact) mass is 543 g/mol. The second-order valence-electron chi connectivity index (χ2n) is 10.4. The van der Waals surface area contributed by atoms with Gasteiger partial charge in [-0.2, -0.15) is 0 Å². The van der Waals surface area contributed by atoms with Gasteiger partial charge < -0.3 is 0 Å². The van der Waals surface area contributed by atoms with Gasteiger partial charge in [-0.05, 0) is 45.8 Å². The van der Waals surface area contributed by atoms with Crippen LogP contribution in [0, 0.1) is 0 Å². The molecule has 0 aliphatic carbocycles. The largest absolute Gasteiger partial charge is 0.219 e. The molecule has 0 spiro atoms. The van der Waals surface area contributed by atoms with Gasteiger partial charge in [0.05, 0.1) is 0 Å². The summed E-state index contributed by atoms with van der Waals surface area (Å²) in [5.41, 5.74) is 8.86. The van der Waals surface area contributed by atoms with Crippen molar-refractivity contribution in [2.75, 3.05) is 0 Å². The first-order valence-corrected chi connectivity index (χ1v) is 15.6. The molecule has 0 saturated heterocycles. The Balaban J connectivity index is 1.24. The summed E-state index contributed by atoms with van der Waals surface area (Å²) in [7, 11) is -0.383. The van der Waals surface area contributed by atoms with Crippen molar-refractivity contribution in [2.24, 2.45) is 6.66 Å². The van der Waals surface area contributed by atoms with Crippen LogP contribution in [0.4, 0.5) is 0 Å². The number of hydrogen-bond donors (Lipinski definition) is 0. The normalized spacial score (nSPS) is 12.0. The Labute approximate surface area is 239 Å². The van der Waals surface area contributed by atoms with Crippen molar-refractivity contribution in [3.05, 3.63) is 140 Å². The van der Waals surface area contributed by atoms with Crippen molar-refractivity contribution in [3.8, 4) is 44.8 Å². The van der Waals surface area contributed by atoms with Gasteiger partial charge in [-0.25, -0.2) is 9.50 Å². The van der Waals surface area contributed by atoms with E-state index in [1.807, 2.05) is 16.6 Å². The number of nitrogens with zero attached hydrogens (tertiary/aromatic N) is 3. The SMILES string of the molecule is Cp1c2ccccc2c2cccc(-c3ccc(-c4nc5c(-c6ccccc6)cc(-c6ccccc6)cn5n4)cc3)c21. The third-order valence-corrected chi connectivity index (χ3v) is 10.3. The van der Waals surface area contributed by atoms with Crippen molar-refractivity contribution < 1.29 is 0 Å². The molecule has 1 atom stereocenters. The number of hydrogen-bond acceptors (Lipinski definition) is 2. The predicted molar refractivity (Wildman–Crippen MR) is 173 cm³/mol. The Morgan fingerprint density at radius 1 is 0.537 bits per heavy atom. The minimum Gasteiger partial charge on any atom is -0.219 e. The van der Waals surface area contributed by atoms with Gasteiger partial charge in [0.2, 0.25) is 0 Å². The lowest BCUT2D eigenvalue weighted by atomic mass is 10.0. The lowest BCUT2D eigenvalue weighted by Gasteiger charge is -2.08. The van der Waals surface area contributed by atoms with Gasteiger partial charge in [0.15, 0.2) is 11.5 Å². The summed E-state index contributed by atoms with van der Waals surface area (Å²) < 4.78 is 1.93. The van der Waals surface area contributed by atoms with Crippen molar-refractivity contribution in [1.82, 2.24) is 14.6 Å². The van der Waals surface area contributed by atoms with Gasteiger partial charge in [0, 0.05) is 33.1 Å². The fraction of sp³-hybridized carbons (Fsp3) is 0.0270.